The lowest BCUT2D eigenvalue weighted by Gasteiger charge is -2.33. The minimum atomic E-state index is -0.188. The number of carbonyl (C=O) groups is 2. The molecule has 2 amide bonds. The molecule has 1 saturated heterocycles. The molecule has 3 aliphatic rings. The third-order valence-corrected chi connectivity index (χ3v) is 7.21. The number of nitrogens with zero attached hydrogens (tertiary/aromatic N) is 3. The van der Waals surface area contributed by atoms with Crippen molar-refractivity contribution in [2.45, 2.75) is 46.1 Å². The van der Waals surface area contributed by atoms with E-state index in [2.05, 4.69) is 29.0 Å². The highest BCUT2D eigenvalue weighted by molar-refractivity contribution is 5.92. The van der Waals surface area contributed by atoms with E-state index in [9.17, 15) is 9.59 Å². The van der Waals surface area contributed by atoms with Gasteiger partial charge in [0.15, 0.2) is 5.75 Å². The topological polar surface area (TPSA) is 84.0 Å². The lowest BCUT2D eigenvalue weighted by molar-refractivity contribution is -0.134. The minimum absolute atomic E-state index is 0.00925. The lowest BCUT2D eigenvalue weighted by Crippen LogP contribution is -2.46. The van der Waals surface area contributed by atoms with E-state index in [1.165, 1.54) is 0 Å². The predicted octanol–water partition coefficient (Wildman–Crippen LogP) is 2.19. The van der Waals surface area contributed by atoms with Gasteiger partial charge in [-0.15, -0.1) is 0 Å². The smallest absolute Gasteiger partial charge is 0.270 e. The van der Waals surface area contributed by atoms with Gasteiger partial charge in [0.05, 0.1) is 0 Å². The number of likely N-dealkylation sites (tertiary alicyclic amines) is 1. The van der Waals surface area contributed by atoms with Crippen LogP contribution in [-0.4, -0.2) is 78.6 Å². The van der Waals surface area contributed by atoms with Crippen molar-refractivity contribution in [1.29, 1.82) is 0 Å². The quantitative estimate of drug-likeness (QED) is 0.694. The Balaban J connectivity index is 1.38. The van der Waals surface area contributed by atoms with Crippen molar-refractivity contribution in [3.8, 4) is 11.6 Å². The Morgan fingerprint density at radius 3 is 2.75 bits per heavy atom. The largest absolute Gasteiger partial charge is 0.484 e. The summed E-state index contributed by atoms with van der Waals surface area (Å²) in [5, 5.41) is 3.21. The van der Waals surface area contributed by atoms with Gasteiger partial charge in [0.2, 0.25) is 5.91 Å². The van der Waals surface area contributed by atoms with Gasteiger partial charge in [-0.3, -0.25) is 9.59 Å². The van der Waals surface area contributed by atoms with Gasteiger partial charge in [0.25, 0.3) is 11.8 Å². The van der Waals surface area contributed by atoms with Crippen LogP contribution in [0, 0.1) is 17.8 Å². The first-order valence-electron chi connectivity index (χ1n) is 12.1. The first kappa shape index (κ1) is 22.8. The highest BCUT2D eigenvalue weighted by Gasteiger charge is 2.43. The summed E-state index contributed by atoms with van der Waals surface area (Å²) in [6.45, 7) is 11.5. The molecule has 1 aliphatic carbocycles. The number of rotatable bonds is 7. The molecular weight excluding hydrogens is 408 g/mol. The van der Waals surface area contributed by atoms with Gasteiger partial charge >= 0.3 is 0 Å². The second kappa shape index (κ2) is 10.1. The van der Waals surface area contributed by atoms with Crippen LogP contribution in [0.25, 0.3) is 0 Å². The maximum Gasteiger partial charge on any atom is 0.270 e. The third kappa shape index (κ3) is 4.85. The Morgan fingerprint density at radius 2 is 1.97 bits per heavy atom. The molecular formula is C24H36N4O4. The maximum atomic E-state index is 13.1. The number of aromatic nitrogens is 1. The van der Waals surface area contributed by atoms with Crippen LogP contribution in [0.3, 0.4) is 0 Å². The number of ether oxygens (including phenoxy) is 2. The molecule has 0 bridgehead atoms. The van der Waals surface area contributed by atoms with E-state index in [1.54, 1.807) is 12.1 Å². The lowest BCUT2D eigenvalue weighted by atomic mass is 9.78. The Bertz CT molecular complexity index is 828. The molecule has 4 rings (SSSR count). The van der Waals surface area contributed by atoms with Crippen molar-refractivity contribution < 1.29 is 19.1 Å². The summed E-state index contributed by atoms with van der Waals surface area (Å²) in [5.74, 6) is 1.75. The fourth-order valence-corrected chi connectivity index (χ4v) is 5.39. The number of nitrogens with one attached hydrogen (secondary N) is 1. The molecule has 8 heteroatoms. The fourth-order valence-electron chi connectivity index (χ4n) is 5.39. The van der Waals surface area contributed by atoms with E-state index >= 15 is 0 Å². The van der Waals surface area contributed by atoms with E-state index in [4.69, 9.17) is 9.47 Å². The van der Waals surface area contributed by atoms with Crippen molar-refractivity contribution in [1.82, 2.24) is 20.1 Å². The highest BCUT2D eigenvalue weighted by atomic mass is 16.6. The summed E-state index contributed by atoms with van der Waals surface area (Å²) < 4.78 is 11.0. The third-order valence-electron chi connectivity index (χ3n) is 7.21. The maximum absolute atomic E-state index is 13.1. The molecule has 4 atom stereocenters. The van der Waals surface area contributed by atoms with Gasteiger partial charge in [0, 0.05) is 37.5 Å². The van der Waals surface area contributed by atoms with Crippen LogP contribution in [0.1, 0.15) is 50.5 Å². The van der Waals surface area contributed by atoms with Crippen molar-refractivity contribution in [2.75, 3.05) is 45.9 Å². The molecule has 2 fully saturated rings. The molecule has 1 saturated carbocycles. The van der Waals surface area contributed by atoms with E-state index < -0.39 is 0 Å². The summed E-state index contributed by atoms with van der Waals surface area (Å²) in [6.07, 6.45) is 3.12. The average Bonchev–Trinajstić information content (AvgIpc) is 3.27. The average molecular weight is 445 g/mol. The van der Waals surface area contributed by atoms with Crippen LogP contribution >= 0.6 is 0 Å². The number of pyridine rings is 1. The van der Waals surface area contributed by atoms with E-state index in [-0.39, 0.29) is 23.8 Å². The number of fused-ring (bicyclic) bond motifs is 2. The number of amides is 2. The zero-order chi connectivity index (χ0) is 22.7. The molecule has 32 heavy (non-hydrogen) atoms. The van der Waals surface area contributed by atoms with Crippen molar-refractivity contribution >= 4 is 11.8 Å². The van der Waals surface area contributed by atoms with Crippen molar-refractivity contribution in [3.63, 3.8) is 0 Å². The van der Waals surface area contributed by atoms with Crippen molar-refractivity contribution in [3.05, 3.63) is 17.8 Å². The van der Waals surface area contributed by atoms with Crippen LogP contribution in [0.15, 0.2) is 12.1 Å². The monoisotopic (exact) mass is 444 g/mol. The molecule has 0 radical (unpaired) electrons. The first-order valence-corrected chi connectivity index (χ1v) is 12.1. The zero-order valence-electron chi connectivity index (χ0n) is 19.5. The van der Waals surface area contributed by atoms with Crippen LogP contribution in [0.5, 0.6) is 11.6 Å². The molecule has 4 unspecified atom stereocenters. The first-order chi connectivity index (χ1) is 15.5. The Kier molecular flexibility index (Phi) is 7.18. The number of hydrogen-bond acceptors (Lipinski definition) is 6. The molecule has 0 spiro atoms. The second-order valence-electron chi connectivity index (χ2n) is 9.26. The summed E-state index contributed by atoms with van der Waals surface area (Å²) >= 11 is 0. The van der Waals surface area contributed by atoms with Gasteiger partial charge < -0.3 is 24.6 Å². The molecule has 0 aromatic carbocycles. The molecule has 1 N–H and O–H groups in total. The van der Waals surface area contributed by atoms with E-state index in [0.717, 1.165) is 52.0 Å². The summed E-state index contributed by atoms with van der Waals surface area (Å²) in [7, 11) is 0. The summed E-state index contributed by atoms with van der Waals surface area (Å²) in [5.41, 5.74) is 0.343. The van der Waals surface area contributed by atoms with Crippen molar-refractivity contribution in [2.24, 2.45) is 17.8 Å². The summed E-state index contributed by atoms with van der Waals surface area (Å²) in [4.78, 5) is 34.7. The van der Waals surface area contributed by atoms with Gasteiger partial charge in [-0.25, -0.2) is 4.98 Å². The molecule has 2 aliphatic heterocycles. The van der Waals surface area contributed by atoms with Crippen LogP contribution < -0.4 is 14.8 Å². The standard InChI is InChI=1S/C24H36N4O4/c1-4-27(5-2)13-16(3)24(30)28-14-17-7-6-8-19(18(17)15-28)25-22(29)20-9-10-21-23(26-20)32-12-11-31-21/h9-10,16-19H,4-8,11-15H2,1-3H3,(H,25,29). The van der Waals surface area contributed by atoms with Gasteiger partial charge in [-0.2, -0.15) is 0 Å². The normalized spacial score (nSPS) is 25.4. The SMILES string of the molecule is CCN(CC)CC(C)C(=O)N1CC2CCCC(NC(=O)c3ccc4c(n3)OCCO4)C2C1. The van der Waals surface area contributed by atoms with Crippen LogP contribution in [-0.2, 0) is 4.79 Å². The number of carbonyl (C=O) groups excluding carboxylic acids is 2. The molecule has 1 aromatic rings. The Labute approximate surface area is 190 Å². The van der Waals surface area contributed by atoms with E-state index in [1.807, 2.05) is 11.8 Å². The molecule has 1 aromatic heterocycles. The molecule has 176 valence electrons. The Hall–Kier alpha value is -2.35. The molecule has 8 nitrogen and oxygen atoms in total. The van der Waals surface area contributed by atoms with E-state index in [0.29, 0.717) is 42.4 Å². The summed E-state index contributed by atoms with van der Waals surface area (Å²) in [6, 6.07) is 3.49. The number of hydrogen-bond donors (Lipinski definition) is 1. The Morgan fingerprint density at radius 1 is 1.19 bits per heavy atom. The zero-order valence-corrected chi connectivity index (χ0v) is 19.5. The second-order valence-corrected chi connectivity index (χ2v) is 9.26. The van der Waals surface area contributed by atoms with Crippen LogP contribution in [0.2, 0.25) is 0 Å². The van der Waals surface area contributed by atoms with Gasteiger partial charge in [0.1, 0.15) is 18.9 Å². The minimum Gasteiger partial charge on any atom is -0.484 e. The van der Waals surface area contributed by atoms with Gasteiger partial charge in [-0.1, -0.05) is 27.2 Å². The molecule has 3 heterocycles. The highest BCUT2D eigenvalue weighted by Crippen LogP contribution is 2.37. The van der Waals surface area contributed by atoms with Crippen LogP contribution in [0.4, 0.5) is 0 Å². The fraction of sp³-hybridized carbons (Fsp3) is 0.708. The predicted molar refractivity (Wildman–Crippen MR) is 121 cm³/mol. The van der Waals surface area contributed by atoms with Gasteiger partial charge in [-0.05, 0) is 44.0 Å².